The lowest BCUT2D eigenvalue weighted by Gasteiger charge is -2.34. The molecular weight excluding hydrogens is 390 g/mol. The van der Waals surface area contributed by atoms with Gasteiger partial charge >= 0.3 is 0 Å². The first-order valence-corrected chi connectivity index (χ1v) is 11.1. The van der Waals surface area contributed by atoms with E-state index in [0.29, 0.717) is 6.54 Å². The molecule has 1 fully saturated rings. The van der Waals surface area contributed by atoms with Gasteiger partial charge in [-0.15, -0.1) is 0 Å². The quantitative estimate of drug-likeness (QED) is 0.666. The van der Waals surface area contributed by atoms with Crippen LogP contribution in [0.2, 0.25) is 0 Å². The maximum absolute atomic E-state index is 12.7. The van der Waals surface area contributed by atoms with E-state index in [1.54, 1.807) is 14.2 Å². The Morgan fingerprint density at radius 3 is 2.13 bits per heavy atom. The Balaban J connectivity index is 1.54. The summed E-state index contributed by atoms with van der Waals surface area (Å²) in [5, 5.41) is 3.18. The molecule has 0 aliphatic carbocycles. The predicted molar refractivity (Wildman–Crippen MR) is 125 cm³/mol. The monoisotopic (exact) mass is 425 g/mol. The number of piperazine rings is 1. The van der Waals surface area contributed by atoms with Crippen LogP contribution in [-0.2, 0) is 24.2 Å². The van der Waals surface area contributed by atoms with E-state index in [4.69, 9.17) is 9.47 Å². The van der Waals surface area contributed by atoms with Gasteiger partial charge in [0.15, 0.2) is 0 Å². The number of hydrogen-bond acceptors (Lipinski definition) is 5. The van der Waals surface area contributed by atoms with Crippen molar-refractivity contribution >= 4 is 11.6 Å². The zero-order valence-electron chi connectivity index (χ0n) is 19.2. The van der Waals surface area contributed by atoms with Crippen molar-refractivity contribution < 1.29 is 14.3 Å². The molecule has 0 atom stereocenters. The Bertz CT molecular complexity index is 854. The minimum absolute atomic E-state index is 0.0681. The van der Waals surface area contributed by atoms with E-state index in [1.807, 2.05) is 18.2 Å². The van der Waals surface area contributed by atoms with Gasteiger partial charge in [-0.3, -0.25) is 14.6 Å². The second-order valence-electron chi connectivity index (χ2n) is 7.94. The molecule has 1 saturated heterocycles. The molecular formula is C25H35N3O3. The van der Waals surface area contributed by atoms with Gasteiger partial charge in [0.2, 0.25) is 5.91 Å². The smallest absolute Gasteiger partial charge is 0.238 e. The molecule has 0 aromatic heterocycles. The third-order valence-electron chi connectivity index (χ3n) is 5.98. The Morgan fingerprint density at radius 2 is 1.55 bits per heavy atom. The van der Waals surface area contributed by atoms with Gasteiger partial charge in [-0.05, 0) is 42.2 Å². The van der Waals surface area contributed by atoms with Crippen molar-refractivity contribution in [2.24, 2.45) is 0 Å². The van der Waals surface area contributed by atoms with E-state index in [9.17, 15) is 4.79 Å². The van der Waals surface area contributed by atoms with Crippen molar-refractivity contribution in [1.29, 1.82) is 0 Å². The van der Waals surface area contributed by atoms with Crippen molar-refractivity contribution in [2.45, 2.75) is 33.2 Å². The number of carbonyl (C=O) groups is 1. The highest BCUT2D eigenvalue weighted by Crippen LogP contribution is 2.26. The van der Waals surface area contributed by atoms with Gasteiger partial charge < -0.3 is 14.8 Å². The number of benzene rings is 2. The molecule has 0 bridgehead atoms. The lowest BCUT2D eigenvalue weighted by atomic mass is 10.0. The number of hydrogen-bond donors (Lipinski definition) is 1. The summed E-state index contributed by atoms with van der Waals surface area (Å²) in [4.78, 5) is 17.4. The van der Waals surface area contributed by atoms with E-state index >= 15 is 0 Å². The Kier molecular flexibility index (Phi) is 8.32. The van der Waals surface area contributed by atoms with Gasteiger partial charge in [-0.25, -0.2) is 0 Å². The zero-order valence-corrected chi connectivity index (χ0v) is 19.2. The van der Waals surface area contributed by atoms with E-state index in [-0.39, 0.29) is 5.91 Å². The Labute approximate surface area is 186 Å². The van der Waals surface area contributed by atoms with Crippen molar-refractivity contribution in [3.8, 4) is 11.5 Å². The largest absolute Gasteiger partial charge is 0.497 e. The van der Waals surface area contributed by atoms with E-state index in [0.717, 1.165) is 68.3 Å². The molecule has 2 aromatic carbocycles. The number of methoxy groups -OCH3 is 2. The van der Waals surface area contributed by atoms with Gasteiger partial charge in [0, 0.05) is 44.0 Å². The molecule has 6 heteroatoms. The first-order valence-electron chi connectivity index (χ1n) is 11.1. The normalized spacial score (nSPS) is 15.0. The van der Waals surface area contributed by atoms with Gasteiger partial charge in [-0.2, -0.15) is 0 Å². The minimum Gasteiger partial charge on any atom is -0.497 e. The third kappa shape index (κ3) is 5.99. The van der Waals surface area contributed by atoms with Crippen LogP contribution in [-0.4, -0.2) is 62.7 Å². The standard InChI is InChI=1S/C25H35N3O3/c1-5-19-8-7-9-20(6-2)25(19)26-24(29)18-28-14-12-27(13-15-28)17-21-16-22(30-3)10-11-23(21)31-4/h7-11,16H,5-6,12-15,17-18H2,1-4H3,(H,26,29). The maximum atomic E-state index is 12.7. The van der Waals surface area contributed by atoms with Crippen molar-refractivity contribution in [3.05, 3.63) is 53.1 Å². The van der Waals surface area contributed by atoms with Crippen LogP contribution in [0.15, 0.2) is 36.4 Å². The van der Waals surface area contributed by atoms with Gasteiger partial charge in [-0.1, -0.05) is 32.0 Å². The third-order valence-corrected chi connectivity index (χ3v) is 5.98. The van der Waals surface area contributed by atoms with E-state index in [1.165, 1.54) is 11.1 Å². The molecule has 168 valence electrons. The molecule has 1 aliphatic rings. The Morgan fingerprint density at radius 1 is 0.903 bits per heavy atom. The molecule has 3 rings (SSSR count). The average Bonchev–Trinajstić information content (AvgIpc) is 2.80. The molecule has 1 amide bonds. The average molecular weight is 426 g/mol. The summed E-state index contributed by atoms with van der Waals surface area (Å²) >= 11 is 0. The molecule has 0 spiro atoms. The molecule has 2 aromatic rings. The number of rotatable bonds is 9. The van der Waals surface area contributed by atoms with Crippen molar-refractivity contribution in [3.63, 3.8) is 0 Å². The van der Waals surface area contributed by atoms with Gasteiger partial charge in [0.25, 0.3) is 0 Å². The first-order chi connectivity index (χ1) is 15.1. The van der Waals surface area contributed by atoms with E-state index in [2.05, 4.69) is 47.2 Å². The number of amides is 1. The minimum atomic E-state index is 0.0681. The SMILES string of the molecule is CCc1cccc(CC)c1NC(=O)CN1CCN(Cc2cc(OC)ccc2OC)CC1. The molecule has 6 nitrogen and oxygen atoms in total. The number of aryl methyl sites for hydroxylation is 2. The maximum Gasteiger partial charge on any atom is 0.238 e. The van der Waals surface area contributed by atoms with Crippen molar-refractivity contribution in [1.82, 2.24) is 9.80 Å². The fraction of sp³-hybridized carbons (Fsp3) is 0.480. The lowest BCUT2D eigenvalue weighted by Crippen LogP contribution is -2.48. The number of para-hydroxylation sites is 1. The second-order valence-corrected chi connectivity index (χ2v) is 7.94. The molecule has 31 heavy (non-hydrogen) atoms. The fourth-order valence-corrected chi connectivity index (χ4v) is 4.14. The second kappa shape index (κ2) is 11.2. The Hall–Kier alpha value is -2.57. The van der Waals surface area contributed by atoms with Crippen LogP contribution in [0.3, 0.4) is 0 Å². The van der Waals surface area contributed by atoms with Gasteiger partial charge in [0.05, 0.1) is 20.8 Å². The summed E-state index contributed by atoms with van der Waals surface area (Å²) in [7, 11) is 3.38. The fourth-order valence-electron chi connectivity index (χ4n) is 4.14. The summed E-state index contributed by atoms with van der Waals surface area (Å²) in [6.07, 6.45) is 1.83. The number of carbonyl (C=O) groups excluding carboxylic acids is 1. The van der Waals surface area contributed by atoms with Crippen LogP contribution in [0, 0.1) is 0 Å². The zero-order chi connectivity index (χ0) is 22.2. The summed E-state index contributed by atoms with van der Waals surface area (Å²) in [6.45, 7) is 9.06. The molecule has 0 saturated carbocycles. The molecule has 0 unspecified atom stereocenters. The van der Waals surface area contributed by atoms with E-state index < -0.39 is 0 Å². The highest BCUT2D eigenvalue weighted by atomic mass is 16.5. The van der Waals surface area contributed by atoms with Crippen LogP contribution >= 0.6 is 0 Å². The van der Waals surface area contributed by atoms with Gasteiger partial charge in [0.1, 0.15) is 11.5 Å². The van der Waals surface area contributed by atoms with Crippen molar-refractivity contribution in [2.75, 3.05) is 52.3 Å². The van der Waals surface area contributed by atoms with Crippen LogP contribution in [0.1, 0.15) is 30.5 Å². The predicted octanol–water partition coefficient (Wildman–Crippen LogP) is 3.58. The number of nitrogens with zero attached hydrogens (tertiary/aromatic N) is 2. The molecule has 0 radical (unpaired) electrons. The highest BCUT2D eigenvalue weighted by Gasteiger charge is 2.21. The lowest BCUT2D eigenvalue weighted by molar-refractivity contribution is -0.117. The van der Waals surface area contributed by atoms with Crippen LogP contribution in [0.25, 0.3) is 0 Å². The first kappa shape index (κ1) is 23.1. The molecule has 1 aliphatic heterocycles. The summed E-state index contributed by atoms with van der Waals surface area (Å²) in [5.74, 6) is 1.78. The summed E-state index contributed by atoms with van der Waals surface area (Å²) in [6, 6.07) is 12.2. The number of ether oxygens (including phenoxy) is 2. The number of anilines is 1. The molecule has 1 N–H and O–H groups in total. The number of nitrogens with one attached hydrogen (secondary N) is 1. The highest BCUT2D eigenvalue weighted by molar-refractivity contribution is 5.93. The topological polar surface area (TPSA) is 54.0 Å². The molecule has 1 heterocycles. The van der Waals surface area contributed by atoms with Crippen LogP contribution < -0.4 is 14.8 Å². The summed E-state index contributed by atoms with van der Waals surface area (Å²) in [5.41, 5.74) is 4.52. The van der Waals surface area contributed by atoms with Crippen LogP contribution in [0.4, 0.5) is 5.69 Å². The summed E-state index contributed by atoms with van der Waals surface area (Å²) < 4.78 is 10.9. The van der Waals surface area contributed by atoms with Crippen LogP contribution in [0.5, 0.6) is 11.5 Å².